The molecule has 6 unspecified atom stereocenters. The molecule has 0 aromatic carbocycles. The van der Waals surface area contributed by atoms with Crippen molar-refractivity contribution < 1.29 is 23.7 Å². The second-order valence-corrected chi connectivity index (χ2v) is 11.9. The van der Waals surface area contributed by atoms with E-state index in [2.05, 4.69) is 76.2 Å². The van der Waals surface area contributed by atoms with Gasteiger partial charge in [-0.15, -0.1) is 0 Å². The van der Waals surface area contributed by atoms with Crippen molar-refractivity contribution in [1.82, 2.24) is 0 Å². The standard InChI is InChI=1S/C29H54O5/c1-12-23-17(6)15(4)20(9)28(31-23)34-27-19(8)21(10)29(32-25(27)14-3)33-26-18(7)16(5)22(11)30-24(26)13-2/h15-29H,12-14H2,1-11H3/t15-,16?,17-,18+,19+,20?,21?,22-,23?,24?,25?,26-,27-,28-,29-/m0/s1. The molecule has 0 bridgehead atoms. The zero-order valence-corrected chi connectivity index (χ0v) is 23.8. The van der Waals surface area contributed by atoms with Crippen molar-refractivity contribution in [1.29, 1.82) is 0 Å². The van der Waals surface area contributed by atoms with Crippen molar-refractivity contribution in [3.05, 3.63) is 0 Å². The van der Waals surface area contributed by atoms with Gasteiger partial charge in [-0.1, -0.05) is 69.2 Å². The highest BCUT2D eigenvalue weighted by molar-refractivity contribution is 4.92. The van der Waals surface area contributed by atoms with Gasteiger partial charge in [-0.2, -0.15) is 0 Å². The molecule has 0 amide bonds. The van der Waals surface area contributed by atoms with Crippen LogP contribution in [0.2, 0.25) is 0 Å². The Morgan fingerprint density at radius 1 is 0.441 bits per heavy atom. The predicted octanol–water partition coefficient (Wildman–Crippen LogP) is 6.68. The van der Waals surface area contributed by atoms with Crippen LogP contribution in [0.3, 0.4) is 0 Å². The molecule has 0 radical (unpaired) electrons. The molecule has 3 aliphatic heterocycles. The summed E-state index contributed by atoms with van der Waals surface area (Å²) in [7, 11) is 0. The van der Waals surface area contributed by atoms with Crippen molar-refractivity contribution in [2.24, 2.45) is 41.4 Å². The van der Waals surface area contributed by atoms with Gasteiger partial charge in [0.05, 0.1) is 36.6 Å². The summed E-state index contributed by atoms with van der Waals surface area (Å²) < 4.78 is 33.1. The quantitative estimate of drug-likeness (QED) is 0.405. The van der Waals surface area contributed by atoms with Gasteiger partial charge in [0.15, 0.2) is 12.6 Å². The van der Waals surface area contributed by atoms with Gasteiger partial charge in [0.2, 0.25) is 0 Å². The molecule has 3 fully saturated rings. The summed E-state index contributed by atoms with van der Waals surface area (Å²) in [5.74, 6) is 2.91. The molecule has 0 spiro atoms. The first-order valence-corrected chi connectivity index (χ1v) is 14.3. The molecule has 5 heteroatoms. The maximum atomic E-state index is 6.79. The summed E-state index contributed by atoms with van der Waals surface area (Å²) >= 11 is 0. The third-order valence-electron chi connectivity index (χ3n) is 10.1. The van der Waals surface area contributed by atoms with Crippen molar-refractivity contribution in [3.63, 3.8) is 0 Å². The zero-order valence-electron chi connectivity index (χ0n) is 23.8. The normalized spacial score (nSPS) is 52.5. The van der Waals surface area contributed by atoms with Gasteiger partial charge >= 0.3 is 0 Å². The summed E-state index contributed by atoms with van der Waals surface area (Å²) in [6.07, 6.45) is 3.16. The van der Waals surface area contributed by atoms with Gasteiger partial charge < -0.3 is 23.7 Å². The number of hydrogen-bond acceptors (Lipinski definition) is 5. The van der Waals surface area contributed by atoms with Gasteiger partial charge in [0.25, 0.3) is 0 Å². The van der Waals surface area contributed by atoms with Crippen molar-refractivity contribution in [2.45, 2.75) is 145 Å². The Balaban J connectivity index is 1.72. The first-order valence-electron chi connectivity index (χ1n) is 14.3. The molecular formula is C29H54O5. The highest BCUT2D eigenvalue weighted by Gasteiger charge is 2.48. The second-order valence-electron chi connectivity index (χ2n) is 11.9. The summed E-state index contributed by atoms with van der Waals surface area (Å²) in [5, 5.41) is 0. The molecular weight excluding hydrogens is 428 g/mol. The fraction of sp³-hybridized carbons (Fsp3) is 1.00. The summed E-state index contributed by atoms with van der Waals surface area (Å²) in [6, 6.07) is 0. The predicted molar refractivity (Wildman–Crippen MR) is 136 cm³/mol. The Hall–Kier alpha value is -0.200. The van der Waals surface area contributed by atoms with Crippen LogP contribution in [-0.4, -0.2) is 49.2 Å². The fourth-order valence-electron chi connectivity index (χ4n) is 6.46. The zero-order chi connectivity index (χ0) is 25.3. The van der Waals surface area contributed by atoms with E-state index >= 15 is 0 Å². The minimum absolute atomic E-state index is 0.00188. The van der Waals surface area contributed by atoms with Gasteiger partial charge in [0, 0.05) is 11.8 Å². The summed E-state index contributed by atoms with van der Waals surface area (Å²) in [5.41, 5.74) is 0. The number of rotatable bonds is 7. The number of ether oxygens (including phenoxy) is 5. The SMILES string of the molecule is CCC1O[C@@H](O[C@@H]2C(CC)O[C@@H](O[C@@H]3C(CC)O[C@@H](C)C(C)[C@H]3C)C(C)[C@H]2C)C(C)[C@@H](C)[C@@H]1C. The maximum Gasteiger partial charge on any atom is 0.161 e. The van der Waals surface area contributed by atoms with E-state index in [4.69, 9.17) is 23.7 Å². The summed E-state index contributed by atoms with van der Waals surface area (Å²) in [4.78, 5) is 0. The monoisotopic (exact) mass is 482 g/mol. The Morgan fingerprint density at radius 3 is 1.35 bits per heavy atom. The van der Waals surface area contributed by atoms with E-state index in [1.54, 1.807) is 0 Å². The lowest BCUT2D eigenvalue weighted by molar-refractivity contribution is -0.339. The first kappa shape index (κ1) is 28.4. The molecule has 3 heterocycles. The largest absolute Gasteiger partial charge is 0.372 e. The van der Waals surface area contributed by atoms with Crippen molar-refractivity contribution in [2.75, 3.05) is 0 Å². The molecule has 3 rings (SSSR count). The summed E-state index contributed by atoms with van der Waals surface area (Å²) in [6.45, 7) is 24.9. The average Bonchev–Trinajstić information content (AvgIpc) is 2.83. The van der Waals surface area contributed by atoms with Gasteiger partial charge in [-0.05, 0) is 55.8 Å². The maximum absolute atomic E-state index is 6.79. The van der Waals surface area contributed by atoms with Crippen molar-refractivity contribution >= 4 is 0 Å². The van der Waals surface area contributed by atoms with Crippen molar-refractivity contribution in [3.8, 4) is 0 Å². The molecule has 15 atom stereocenters. The third kappa shape index (κ3) is 5.54. The number of hydrogen-bond donors (Lipinski definition) is 0. The Labute approximate surface area is 210 Å². The Bertz CT molecular complexity index is 622. The highest BCUT2D eigenvalue weighted by atomic mass is 16.7. The first-order chi connectivity index (χ1) is 16.0. The third-order valence-corrected chi connectivity index (χ3v) is 10.1. The van der Waals surface area contributed by atoms with Crippen LogP contribution in [0.5, 0.6) is 0 Å². The topological polar surface area (TPSA) is 46.2 Å². The van der Waals surface area contributed by atoms with E-state index in [-0.39, 0.29) is 55.1 Å². The molecule has 0 aromatic rings. The van der Waals surface area contributed by atoms with Crippen LogP contribution in [0.15, 0.2) is 0 Å². The van der Waals surface area contributed by atoms with E-state index in [1.807, 2.05) is 0 Å². The van der Waals surface area contributed by atoms with Crippen LogP contribution in [0.4, 0.5) is 0 Å². The molecule has 200 valence electrons. The molecule has 0 saturated carbocycles. The van der Waals surface area contributed by atoms with E-state index in [0.29, 0.717) is 35.5 Å². The van der Waals surface area contributed by atoms with Crippen LogP contribution in [0.1, 0.15) is 95.4 Å². The average molecular weight is 483 g/mol. The van der Waals surface area contributed by atoms with Gasteiger partial charge in [-0.25, -0.2) is 0 Å². The van der Waals surface area contributed by atoms with Crippen LogP contribution in [-0.2, 0) is 23.7 Å². The smallest absolute Gasteiger partial charge is 0.161 e. The van der Waals surface area contributed by atoms with Crippen LogP contribution in [0.25, 0.3) is 0 Å². The highest BCUT2D eigenvalue weighted by Crippen LogP contribution is 2.42. The van der Waals surface area contributed by atoms with Crippen LogP contribution in [0, 0.1) is 41.4 Å². The molecule has 34 heavy (non-hydrogen) atoms. The molecule has 5 nitrogen and oxygen atoms in total. The molecule has 0 aliphatic carbocycles. The molecule has 3 saturated heterocycles. The van der Waals surface area contributed by atoms with E-state index in [1.165, 1.54) is 0 Å². The molecule has 0 N–H and O–H groups in total. The molecule has 3 aliphatic rings. The molecule has 0 aromatic heterocycles. The lowest BCUT2D eigenvalue weighted by Crippen LogP contribution is -2.57. The van der Waals surface area contributed by atoms with Gasteiger partial charge in [-0.3, -0.25) is 0 Å². The van der Waals surface area contributed by atoms with E-state index < -0.39 is 0 Å². The fourth-order valence-corrected chi connectivity index (χ4v) is 6.46. The van der Waals surface area contributed by atoms with E-state index in [9.17, 15) is 0 Å². The lowest BCUT2D eigenvalue weighted by atomic mass is 9.78. The Morgan fingerprint density at radius 2 is 0.853 bits per heavy atom. The minimum atomic E-state index is -0.238. The second kappa shape index (κ2) is 11.9. The van der Waals surface area contributed by atoms with E-state index in [0.717, 1.165) is 19.3 Å². The van der Waals surface area contributed by atoms with Crippen LogP contribution < -0.4 is 0 Å². The Kier molecular flexibility index (Phi) is 9.93. The lowest BCUT2D eigenvalue weighted by Gasteiger charge is -2.51. The minimum Gasteiger partial charge on any atom is -0.372 e. The van der Waals surface area contributed by atoms with Crippen LogP contribution >= 0.6 is 0 Å². The van der Waals surface area contributed by atoms with Gasteiger partial charge in [0.1, 0.15) is 0 Å².